The number of aliphatic carboxylic acids is 2. The van der Waals surface area contributed by atoms with Gasteiger partial charge in [-0.25, -0.2) is 9.78 Å². The third-order valence-corrected chi connectivity index (χ3v) is 20.5. The van der Waals surface area contributed by atoms with Crippen LogP contribution in [0.3, 0.4) is 0 Å². The predicted molar refractivity (Wildman–Crippen MR) is 418 cm³/mol. The van der Waals surface area contributed by atoms with Gasteiger partial charge in [0.05, 0.1) is 30.8 Å². The van der Waals surface area contributed by atoms with E-state index in [1.165, 1.54) is 12.5 Å². The number of hydrogen-bond donors (Lipinski definition) is 21. The van der Waals surface area contributed by atoms with Gasteiger partial charge in [0.2, 0.25) is 70.9 Å². The Hall–Kier alpha value is -10.5. The van der Waals surface area contributed by atoms with Crippen molar-refractivity contribution in [2.75, 3.05) is 26.2 Å². The Kier molecular flexibility index (Phi) is 39.0. The third kappa shape index (κ3) is 28.6. The van der Waals surface area contributed by atoms with Crippen molar-refractivity contribution in [3.8, 4) is 0 Å². The van der Waals surface area contributed by atoms with Gasteiger partial charge in [-0.2, -0.15) is 0 Å². The molecule has 12 amide bonds. The zero-order valence-corrected chi connectivity index (χ0v) is 66.0. The molecule has 0 radical (unpaired) electrons. The number of imidazole rings is 1. The number of fused-ring (bicyclic) bond motifs is 1. The maximum Gasteiger partial charge on any atom is 0.326 e. The van der Waals surface area contributed by atoms with Gasteiger partial charge in [0, 0.05) is 55.5 Å². The number of carbonyl (C=O) groups is 14. The molecule has 1 aliphatic heterocycles. The Labute approximate surface area is 662 Å². The molecule has 0 saturated carbocycles. The smallest absolute Gasteiger partial charge is 0.326 e. The van der Waals surface area contributed by atoms with Gasteiger partial charge in [0.15, 0.2) is 0 Å². The second-order valence-corrected chi connectivity index (χ2v) is 29.3. The molecule has 0 spiro atoms. The summed E-state index contributed by atoms with van der Waals surface area (Å²) in [6.45, 7) is 12.3. The summed E-state index contributed by atoms with van der Waals surface area (Å²) in [5.41, 5.74) is 19.6. The number of carboxylic acid groups (broad SMARTS) is 2. The van der Waals surface area contributed by atoms with E-state index < -0.39 is 211 Å². The largest absolute Gasteiger partial charge is 0.481 e. The average molecular weight is 1600 g/mol. The van der Waals surface area contributed by atoms with Crippen molar-refractivity contribution in [2.45, 2.75) is 249 Å². The van der Waals surface area contributed by atoms with Crippen LogP contribution in [0.15, 0.2) is 73.3 Å². The molecule has 0 aliphatic carbocycles. The van der Waals surface area contributed by atoms with Crippen molar-refractivity contribution in [1.82, 2.24) is 78.3 Å². The summed E-state index contributed by atoms with van der Waals surface area (Å²) >= 11 is 0. The van der Waals surface area contributed by atoms with E-state index in [9.17, 15) is 83.1 Å². The molecule has 24 N–H and O–H groups in total. The highest BCUT2D eigenvalue weighted by atomic mass is 16.4. The van der Waals surface area contributed by atoms with E-state index in [1.54, 1.807) is 102 Å². The van der Waals surface area contributed by atoms with Crippen molar-refractivity contribution in [3.63, 3.8) is 0 Å². The topological polar surface area (TPSA) is 598 Å². The molecule has 630 valence electrons. The van der Waals surface area contributed by atoms with Gasteiger partial charge in [0.1, 0.15) is 78.5 Å². The highest BCUT2D eigenvalue weighted by molar-refractivity contribution is 6.01. The fourth-order valence-electron chi connectivity index (χ4n) is 13.0. The van der Waals surface area contributed by atoms with Crippen LogP contribution >= 0.6 is 0 Å². The van der Waals surface area contributed by atoms with E-state index in [0.717, 1.165) is 18.7 Å². The number of rotatable bonds is 50. The van der Waals surface area contributed by atoms with E-state index in [-0.39, 0.29) is 83.8 Å². The summed E-state index contributed by atoms with van der Waals surface area (Å²) in [7, 11) is 0. The van der Waals surface area contributed by atoms with E-state index in [2.05, 4.69) is 73.4 Å². The van der Waals surface area contributed by atoms with Crippen molar-refractivity contribution in [1.29, 1.82) is 0 Å². The number of amides is 12. The summed E-state index contributed by atoms with van der Waals surface area (Å²) in [6, 6.07) is -3.84. The summed E-state index contributed by atoms with van der Waals surface area (Å²) in [6.07, 6.45) is 1.21. The van der Waals surface area contributed by atoms with Gasteiger partial charge >= 0.3 is 11.9 Å². The number of unbranched alkanes of at least 4 members (excludes halogenated alkanes) is 2. The van der Waals surface area contributed by atoms with Crippen LogP contribution in [0.4, 0.5) is 0 Å². The van der Waals surface area contributed by atoms with Crippen LogP contribution in [0.1, 0.15) is 156 Å². The van der Waals surface area contributed by atoms with Crippen molar-refractivity contribution in [2.24, 2.45) is 35.0 Å². The number of nitrogens with two attached hydrogens (primary N) is 3. The summed E-state index contributed by atoms with van der Waals surface area (Å²) in [5, 5.41) is 80.9. The molecule has 37 heteroatoms. The number of benzene rings is 2. The van der Waals surface area contributed by atoms with Crippen LogP contribution in [-0.2, 0) is 86.4 Å². The number of likely N-dealkylation sites (tertiary alicyclic amines) is 1. The van der Waals surface area contributed by atoms with Gasteiger partial charge in [0.25, 0.3) is 0 Å². The lowest BCUT2D eigenvalue weighted by atomic mass is 9.93. The minimum atomic E-state index is -1.90. The van der Waals surface area contributed by atoms with E-state index in [1.807, 2.05) is 0 Å². The Bertz CT molecular complexity index is 3840. The molecular weight excluding hydrogens is 1480 g/mol. The van der Waals surface area contributed by atoms with Crippen LogP contribution in [0.2, 0.25) is 0 Å². The van der Waals surface area contributed by atoms with E-state index in [4.69, 9.17) is 17.2 Å². The first kappa shape index (κ1) is 94.1. The summed E-state index contributed by atoms with van der Waals surface area (Å²) in [5.74, 6) is -15.5. The normalized spacial score (nSPS) is 17.2. The number of carbonyl (C=O) groups excluding carboxylic acids is 12. The Morgan fingerprint density at radius 3 is 1.47 bits per heavy atom. The highest BCUT2D eigenvalue weighted by Gasteiger charge is 2.43. The van der Waals surface area contributed by atoms with Gasteiger partial charge in [-0.15, -0.1) is 0 Å². The van der Waals surface area contributed by atoms with Crippen LogP contribution in [-0.4, -0.2) is 245 Å². The number of carboxylic acids is 2. The van der Waals surface area contributed by atoms with Gasteiger partial charge in [-0.3, -0.25) is 62.3 Å². The van der Waals surface area contributed by atoms with Crippen molar-refractivity contribution in [3.05, 3.63) is 90.1 Å². The number of nitrogens with zero attached hydrogens (tertiary/aromatic N) is 2. The van der Waals surface area contributed by atoms with Gasteiger partial charge < -0.3 is 116 Å². The maximum atomic E-state index is 15.3. The quantitative estimate of drug-likeness (QED) is 0.0206. The molecule has 18 atom stereocenters. The lowest BCUT2D eigenvalue weighted by Gasteiger charge is -2.31. The number of H-pyrrole nitrogens is 2. The molecule has 5 rings (SSSR count). The van der Waals surface area contributed by atoms with Crippen LogP contribution in [0.25, 0.3) is 10.9 Å². The standard InChI is InChI=1S/C77H118N18O19/c1-9-41(4)60(72(108)91-61(42(5)10-2)73(109)92-62(77(113)114)43(6)11-3)90-70(106)55(34-46-22-13-12-14-23-46)87-69(105)56(35-47-37-82-51-25-16-15-24-49(47)51)88-66(102)52(26-17-19-31-78)85-74(110)63(44(7)97)93-68(104)53(27-18-20-32-79)84-67(103)54(29-30-59(99)100)86-75(111)64(45(8)98)94-71(107)58-28-21-33-95(58)76(112)57(36-48-38-81-40-83-48)89-65(101)50(80)39-96/h12-16,22-25,37-38,40-45,50,52-58,60-64,82,96-98H,9-11,17-21,26-36,39,78-80H2,1-8H3,(H,81,83)(H,84,103)(H,85,110)(H,86,111)(H,87,105)(H,88,102)(H,89,101)(H,90,106)(H,91,108)(H,92,109)(H,93,104)(H,94,107)(H,99,100)(H,113,114)/t41-,42-,43-,44+,45+,50-,52-,53-,54-,55-,56-,57-,58-,60-,61-,62-,63-,64-/m0/s1. The van der Waals surface area contributed by atoms with Crippen LogP contribution < -0.4 is 75.7 Å². The second kappa shape index (κ2) is 47.3. The molecule has 1 aliphatic rings. The second-order valence-electron chi connectivity index (χ2n) is 29.3. The first-order valence-corrected chi connectivity index (χ1v) is 39.0. The van der Waals surface area contributed by atoms with E-state index in [0.29, 0.717) is 53.4 Å². The fraction of sp³-hybridized carbons (Fsp3) is 0.597. The molecule has 114 heavy (non-hydrogen) atoms. The molecule has 0 bridgehead atoms. The minimum Gasteiger partial charge on any atom is -0.481 e. The summed E-state index contributed by atoms with van der Waals surface area (Å²) < 4.78 is 0. The third-order valence-electron chi connectivity index (χ3n) is 20.5. The average Bonchev–Trinajstić information content (AvgIpc) is 1.63. The zero-order valence-electron chi connectivity index (χ0n) is 66.0. The lowest BCUT2D eigenvalue weighted by molar-refractivity contribution is -0.144. The molecule has 2 aromatic carbocycles. The van der Waals surface area contributed by atoms with Gasteiger partial charge in [-0.1, -0.05) is 109 Å². The molecule has 1 fully saturated rings. The number of para-hydroxylation sites is 1. The monoisotopic (exact) mass is 1600 g/mol. The lowest BCUT2D eigenvalue weighted by Crippen LogP contribution is -2.63. The number of aromatic amines is 2. The first-order valence-electron chi connectivity index (χ1n) is 39.0. The zero-order chi connectivity index (χ0) is 84.5. The Morgan fingerprint density at radius 2 is 0.956 bits per heavy atom. The van der Waals surface area contributed by atoms with Crippen LogP contribution in [0, 0.1) is 17.8 Å². The number of hydrogen-bond acceptors (Lipinski definition) is 21. The molecule has 37 nitrogen and oxygen atoms in total. The predicted octanol–water partition coefficient (Wildman–Crippen LogP) is -2.33. The number of aliphatic hydroxyl groups excluding tert-OH is 3. The van der Waals surface area contributed by atoms with Crippen molar-refractivity contribution >= 4 is 93.7 Å². The Morgan fingerprint density at radius 1 is 0.509 bits per heavy atom. The minimum absolute atomic E-state index is 0.00774. The first-order chi connectivity index (χ1) is 54.2. The molecule has 4 aromatic rings. The summed E-state index contributed by atoms with van der Waals surface area (Å²) in [4.78, 5) is 209. The molecule has 3 heterocycles. The molecule has 2 aromatic heterocycles. The fourth-order valence-corrected chi connectivity index (χ4v) is 13.0. The maximum absolute atomic E-state index is 15.3. The highest BCUT2D eigenvalue weighted by Crippen LogP contribution is 2.24. The number of aromatic nitrogens is 3. The van der Waals surface area contributed by atoms with E-state index >= 15 is 9.59 Å². The number of nitrogens with one attached hydrogen (secondary N) is 13. The molecule has 1 saturated heterocycles. The van der Waals surface area contributed by atoms with Crippen LogP contribution in [0.5, 0.6) is 0 Å². The Balaban J connectivity index is 1.42. The van der Waals surface area contributed by atoms with Crippen molar-refractivity contribution < 1.29 is 92.7 Å². The SMILES string of the molecule is CC[C@H](C)[C@H](NC(=O)[C@@H](NC(=O)[C@@H](NC(=O)[C@H](Cc1ccccc1)NC(=O)[C@H](Cc1c[nH]c2ccccc12)NC(=O)[C@H](CCCCN)NC(=O)[C@@H](NC(=O)[C@H](CCCCN)NC(=O)[C@H](CCC(=O)O)NC(=O)[C@@H](NC(=O)[C@@H]1CCCN1C(=O)[C@H](Cc1c[nH]cn1)NC(=O)[C@@H](N)CO)[C@@H](C)O)[C@@H](C)O)[C@@H](C)CC)[C@@H](C)CC)C(=O)O. The number of aliphatic hydroxyl groups is 3. The van der Waals surface area contributed by atoms with Gasteiger partial charge in [-0.05, 0) is 120 Å². The molecular formula is C77H118N18O19. The molecule has 0 unspecified atom stereocenters.